The Morgan fingerprint density at radius 2 is 1.93 bits per heavy atom. The number of pyridine rings is 1. The van der Waals surface area contributed by atoms with Gasteiger partial charge in [-0.15, -0.1) is 0 Å². The second kappa shape index (κ2) is 9.90. The molecule has 1 heterocycles. The van der Waals surface area contributed by atoms with Gasteiger partial charge in [-0.05, 0) is 48.9 Å². The maximum Gasteiger partial charge on any atom is 0.251 e. The number of carbonyl (C=O) groups excluding carboxylic acids is 1. The minimum atomic E-state index is -0.230. The van der Waals surface area contributed by atoms with Crippen LogP contribution in [0.4, 0.5) is 0 Å². The Morgan fingerprint density at radius 3 is 2.69 bits per heavy atom. The van der Waals surface area contributed by atoms with Crippen molar-refractivity contribution in [1.82, 2.24) is 10.3 Å². The number of nitriles is 1. The van der Waals surface area contributed by atoms with E-state index < -0.39 is 0 Å². The Labute approximate surface area is 169 Å². The van der Waals surface area contributed by atoms with E-state index in [0.29, 0.717) is 42.4 Å². The smallest absolute Gasteiger partial charge is 0.251 e. The maximum absolute atomic E-state index is 12.5. The highest BCUT2D eigenvalue weighted by atomic mass is 16.5. The van der Waals surface area contributed by atoms with Crippen LogP contribution in [0.25, 0.3) is 0 Å². The number of hydrogen-bond donors (Lipinski definition) is 1. The van der Waals surface area contributed by atoms with E-state index in [0.717, 1.165) is 11.1 Å². The lowest BCUT2D eigenvalue weighted by Gasteiger charge is -2.13. The van der Waals surface area contributed by atoms with Crippen LogP contribution in [0.1, 0.15) is 34.0 Å². The van der Waals surface area contributed by atoms with Crippen LogP contribution in [0.3, 0.4) is 0 Å². The Morgan fingerprint density at radius 1 is 1.07 bits per heavy atom. The van der Waals surface area contributed by atoms with E-state index in [1.165, 1.54) is 0 Å². The number of ether oxygens (including phenoxy) is 2. The molecule has 0 aliphatic heterocycles. The first-order valence-electron chi connectivity index (χ1n) is 9.25. The summed E-state index contributed by atoms with van der Waals surface area (Å²) in [6.07, 6.45) is 3.45. The quantitative estimate of drug-likeness (QED) is 0.634. The van der Waals surface area contributed by atoms with Crippen LogP contribution < -0.4 is 14.8 Å². The van der Waals surface area contributed by atoms with E-state index in [2.05, 4.69) is 16.4 Å². The van der Waals surface area contributed by atoms with Crippen molar-refractivity contribution in [3.8, 4) is 17.6 Å². The molecule has 1 aromatic heterocycles. The van der Waals surface area contributed by atoms with Crippen molar-refractivity contribution in [2.24, 2.45) is 0 Å². The fraction of sp³-hybridized carbons (Fsp3) is 0.174. The zero-order chi connectivity index (χ0) is 20.5. The lowest BCUT2D eigenvalue weighted by molar-refractivity contribution is 0.0950. The number of amides is 1. The van der Waals surface area contributed by atoms with Gasteiger partial charge in [0.1, 0.15) is 6.61 Å². The van der Waals surface area contributed by atoms with Gasteiger partial charge in [-0.1, -0.05) is 18.2 Å². The van der Waals surface area contributed by atoms with Gasteiger partial charge in [-0.3, -0.25) is 9.78 Å². The second-order valence-electron chi connectivity index (χ2n) is 6.24. The molecule has 0 aliphatic carbocycles. The molecule has 0 fully saturated rings. The summed E-state index contributed by atoms with van der Waals surface area (Å²) in [6.45, 7) is 3.02. The molecule has 6 nitrogen and oxygen atoms in total. The van der Waals surface area contributed by atoms with Crippen molar-refractivity contribution in [2.75, 3.05) is 6.61 Å². The van der Waals surface area contributed by atoms with Gasteiger partial charge >= 0.3 is 0 Å². The molecule has 1 amide bonds. The van der Waals surface area contributed by atoms with Gasteiger partial charge in [-0.2, -0.15) is 5.26 Å². The van der Waals surface area contributed by atoms with E-state index in [1.807, 2.05) is 25.1 Å². The maximum atomic E-state index is 12.5. The van der Waals surface area contributed by atoms with Crippen molar-refractivity contribution in [2.45, 2.75) is 20.1 Å². The van der Waals surface area contributed by atoms with E-state index in [4.69, 9.17) is 14.7 Å². The highest BCUT2D eigenvalue weighted by Crippen LogP contribution is 2.29. The predicted octanol–water partition coefficient (Wildman–Crippen LogP) is 3.86. The van der Waals surface area contributed by atoms with Gasteiger partial charge in [0.25, 0.3) is 5.91 Å². The summed E-state index contributed by atoms with van der Waals surface area (Å²) in [5.74, 6) is 0.844. The predicted molar refractivity (Wildman–Crippen MR) is 109 cm³/mol. The number of hydrogen-bond acceptors (Lipinski definition) is 5. The average molecular weight is 387 g/mol. The number of rotatable bonds is 8. The molecule has 0 atom stereocenters. The molecule has 0 unspecified atom stereocenters. The second-order valence-corrected chi connectivity index (χ2v) is 6.24. The van der Waals surface area contributed by atoms with Crippen molar-refractivity contribution < 1.29 is 14.3 Å². The zero-order valence-corrected chi connectivity index (χ0v) is 16.1. The molecular formula is C23H21N3O3. The first-order chi connectivity index (χ1) is 14.2. The number of benzene rings is 2. The third kappa shape index (κ3) is 5.56. The first kappa shape index (κ1) is 19.9. The molecule has 3 aromatic rings. The SMILES string of the molecule is CCOc1cc(C(=O)NCc2cccc(C#N)c2)ccc1OCc1cccnc1. The number of aromatic nitrogens is 1. The molecule has 29 heavy (non-hydrogen) atoms. The highest BCUT2D eigenvalue weighted by molar-refractivity contribution is 5.94. The van der Waals surface area contributed by atoms with E-state index >= 15 is 0 Å². The van der Waals surface area contributed by atoms with Crippen LogP contribution in [-0.4, -0.2) is 17.5 Å². The monoisotopic (exact) mass is 387 g/mol. The molecule has 146 valence electrons. The normalized spacial score (nSPS) is 10.1. The first-order valence-corrected chi connectivity index (χ1v) is 9.25. The van der Waals surface area contributed by atoms with Gasteiger partial charge in [0.2, 0.25) is 0 Å². The fourth-order valence-electron chi connectivity index (χ4n) is 2.72. The molecule has 0 bridgehead atoms. The Bertz CT molecular complexity index is 1010. The summed E-state index contributed by atoms with van der Waals surface area (Å²) in [5, 5.41) is 11.8. The van der Waals surface area contributed by atoms with Crippen LogP contribution in [0.2, 0.25) is 0 Å². The molecular weight excluding hydrogens is 366 g/mol. The molecule has 0 radical (unpaired) electrons. The summed E-state index contributed by atoms with van der Waals surface area (Å²) in [7, 11) is 0. The van der Waals surface area contributed by atoms with Crippen LogP contribution in [-0.2, 0) is 13.2 Å². The molecule has 6 heteroatoms. The summed E-state index contributed by atoms with van der Waals surface area (Å²) in [5.41, 5.74) is 2.83. The molecule has 1 N–H and O–H groups in total. The number of nitrogens with one attached hydrogen (secondary N) is 1. The Kier molecular flexibility index (Phi) is 6.80. The lowest BCUT2D eigenvalue weighted by Crippen LogP contribution is -2.22. The summed E-state index contributed by atoms with van der Waals surface area (Å²) in [6, 6.07) is 18.1. The van der Waals surface area contributed by atoms with Gasteiger partial charge in [0, 0.05) is 30.1 Å². The van der Waals surface area contributed by atoms with E-state index in [-0.39, 0.29) is 5.91 Å². The summed E-state index contributed by atoms with van der Waals surface area (Å²) in [4.78, 5) is 16.6. The Hall–Kier alpha value is -3.85. The average Bonchev–Trinajstić information content (AvgIpc) is 2.77. The zero-order valence-electron chi connectivity index (χ0n) is 16.1. The van der Waals surface area contributed by atoms with Crippen LogP contribution in [0.15, 0.2) is 67.0 Å². The molecule has 0 saturated heterocycles. The minimum Gasteiger partial charge on any atom is -0.490 e. The van der Waals surface area contributed by atoms with Gasteiger partial charge in [-0.25, -0.2) is 0 Å². The van der Waals surface area contributed by atoms with Crippen molar-refractivity contribution >= 4 is 5.91 Å². The summed E-state index contributed by atoms with van der Waals surface area (Å²) < 4.78 is 11.5. The molecule has 0 aliphatic rings. The molecule has 0 spiro atoms. The van der Waals surface area contributed by atoms with Gasteiger partial charge < -0.3 is 14.8 Å². The topological polar surface area (TPSA) is 84.2 Å². The molecule has 2 aromatic carbocycles. The third-order valence-corrected chi connectivity index (χ3v) is 4.13. The van der Waals surface area contributed by atoms with Crippen LogP contribution in [0, 0.1) is 11.3 Å². The third-order valence-electron chi connectivity index (χ3n) is 4.13. The van der Waals surface area contributed by atoms with Crippen molar-refractivity contribution in [1.29, 1.82) is 5.26 Å². The fourth-order valence-corrected chi connectivity index (χ4v) is 2.72. The van der Waals surface area contributed by atoms with Crippen molar-refractivity contribution in [3.05, 3.63) is 89.2 Å². The van der Waals surface area contributed by atoms with E-state index in [9.17, 15) is 4.79 Å². The standard InChI is InChI=1S/C23H21N3O3/c1-2-28-22-12-20(8-9-21(22)29-16-19-7-4-10-25-14-19)23(27)26-15-18-6-3-5-17(11-18)13-24/h3-12,14H,2,15-16H2,1H3,(H,26,27). The van der Waals surface area contributed by atoms with E-state index in [1.54, 1.807) is 48.8 Å². The van der Waals surface area contributed by atoms with Crippen LogP contribution in [0.5, 0.6) is 11.5 Å². The number of nitrogens with zero attached hydrogens (tertiary/aromatic N) is 2. The summed E-state index contributed by atoms with van der Waals surface area (Å²) >= 11 is 0. The number of carbonyl (C=O) groups is 1. The molecule has 0 saturated carbocycles. The minimum absolute atomic E-state index is 0.230. The van der Waals surface area contributed by atoms with Gasteiger partial charge in [0.05, 0.1) is 18.2 Å². The highest BCUT2D eigenvalue weighted by Gasteiger charge is 2.12. The lowest BCUT2D eigenvalue weighted by atomic mass is 10.1. The molecule has 3 rings (SSSR count). The largest absolute Gasteiger partial charge is 0.490 e. The van der Waals surface area contributed by atoms with Gasteiger partial charge in [0.15, 0.2) is 11.5 Å². The van der Waals surface area contributed by atoms with Crippen molar-refractivity contribution in [3.63, 3.8) is 0 Å². The Balaban J connectivity index is 1.67. The van der Waals surface area contributed by atoms with Crippen LogP contribution >= 0.6 is 0 Å².